The van der Waals surface area contributed by atoms with Gasteiger partial charge in [0.05, 0.1) is 16.7 Å². The van der Waals surface area contributed by atoms with Crippen LogP contribution in [0.5, 0.6) is 0 Å². The van der Waals surface area contributed by atoms with Gasteiger partial charge in [-0.15, -0.1) is 0 Å². The van der Waals surface area contributed by atoms with Crippen LogP contribution in [0.4, 0.5) is 11.4 Å². The van der Waals surface area contributed by atoms with Crippen LogP contribution in [0.15, 0.2) is 55.1 Å². The van der Waals surface area contributed by atoms with Gasteiger partial charge < -0.3 is 9.72 Å². The molecule has 0 saturated carbocycles. The van der Waals surface area contributed by atoms with Crippen LogP contribution in [0.3, 0.4) is 0 Å². The number of hydrazine groups is 1. The first-order chi connectivity index (χ1) is 13.1. The molecular weight excluding hydrogens is 338 g/mol. The lowest BCUT2D eigenvalue weighted by molar-refractivity contribution is 0.427. The molecule has 138 valence electrons. The zero-order valence-corrected chi connectivity index (χ0v) is 15.7. The lowest BCUT2D eigenvalue weighted by atomic mass is 9.90. The molecular formula is C20H23N7. The number of anilines is 2. The molecule has 4 rings (SSSR count). The molecule has 7 nitrogen and oxygen atoms in total. The predicted octanol–water partition coefficient (Wildman–Crippen LogP) is 3.02. The minimum absolute atomic E-state index is 0.0837. The van der Waals surface area contributed by atoms with Crippen molar-refractivity contribution in [2.45, 2.75) is 19.3 Å². The lowest BCUT2D eigenvalue weighted by Crippen LogP contribution is -2.39. The summed E-state index contributed by atoms with van der Waals surface area (Å²) in [5.41, 5.74) is 11.8. The molecule has 0 unspecified atom stereocenters. The van der Waals surface area contributed by atoms with E-state index in [1.165, 1.54) is 0 Å². The quantitative estimate of drug-likeness (QED) is 0.458. The second-order valence-corrected chi connectivity index (χ2v) is 7.13. The minimum Gasteiger partial charge on any atom is -0.352 e. The molecule has 0 aliphatic rings. The van der Waals surface area contributed by atoms with Crippen molar-refractivity contribution >= 4 is 28.1 Å². The number of hydrogen-bond acceptors (Lipinski definition) is 6. The number of pyridine rings is 1. The molecule has 0 radical (unpaired) electrons. The molecule has 0 saturated heterocycles. The molecule has 3 heterocycles. The van der Waals surface area contributed by atoms with Gasteiger partial charge in [0.1, 0.15) is 0 Å². The van der Waals surface area contributed by atoms with E-state index in [1.807, 2.05) is 43.6 Å². The molecule has 0 spiro atoms. The highest BCUT2D eigenvalue weighted by Crippen LogP contribution is 2.28. The van der Waals surface area contributed by atoms with E-state index >= 15 is 0 Å². The van der Waals surface area contributed by atoms with Crippen LogP contribution < -0.4 is 16.2 Å². The van der Waals surface area contributed by atoms with Gasteiger partial charge in [0.2, 0.25) is 0 Å². The maximum Gasteiger partial charge on any atom is 0.160 e. The highest BCUT2D eigenvalue weighted by molar-refractivity contribution is 5.82. The predicted molar refractivity (Wildman–Crippen MR) is 108 cm³/mol. The Bertz CT molecular complexity index is 1080. The van der Waals surface area contributed by atoms with Crippen LogP contribution in [0.1, 0.15) is 19.5 Å². The fourth-order valence-electron chi connectivity index (χ4n) is 3.21. The summed E-state index contributed by atoms with van der Waals surface area (Å²) in [5, 5.41) is 3.47. The monoisotopic (exact) mass is 361 g/mol. The van der Waals surface area contributed by atoms with E-state index in [2.05, 4.69) is 55.6 Å². The standard InChI is InChI=1S/C20H23N7/c1-20(2,13-25-21-3)18-12-24-19-16(5-4-10-27(18)19)26-14-6-7-15-17(11-14)23-9-8-22-15/h4-12,21,25-26H,13H2,1-3H3. The number of hydrogen-bond donors (Lipinski definition) is 3. The molecule has 3 N–H and O–H groups in total. The zero-order valence-electron chi connectivity index (χ0n) is 15.7. The van der Waals surface area contributed by atoms with Crippen molar-refractivity contribution in [1.82, 2.24) is 30.2 Å². The van der Waals surface area contributed by atoms with Crippen molar-refractivity contribution in [2.75, 3.05) is 18.9 Å². The second-order valence-electron chi connectivity index (χ2n) is 7.13. The number of nitrogens with zero attached hydrogens (tertiary/aromatic N) is 4. The van der Waals surface area contributed by atoms with Gasteiger partial charge in [-0.1, -0.05) is 13.8 Å². The van der Waals surface area contributed by atoms with E-state index in [-0.39, 0.29) is 5.41 Å². The van der Waals surface area contributed by atoms with E-state index in [1.54, 1.807) is 12.4 Å². The van der Waals surface area contributed by atoms with Crippen molar-refractivity contribution in [1.29, 1.82) is 0 Å². The molecule has 1 aromatic carbocycles. The van der Waals surface area contributed by atoms with Gasteiger partial charge >= 0.3 is 0 Å². The molecule has 3 aromatic heterocycles. The Hall–Kier alpha value is -3.03. The first-order valence-corrected chi connectivity index (χ1v) is 8.92. The molecule has 0 aliphatic heterocycles. The van der Waals surface area contributed by atoms with Gasteiger partial charge in [-0.2, -0.15) is 0 Å². The van der Waals surface area contributed by atoms with Gasteiger partial charge in [-0.3, -0.25) is 20.8 Å². The van der Waals surface area contributed by atoms with E-state index in [9.17, 15) is 0 Å². The summed E-state index contributed by atoms with van der Waals surface area (Å²) in [4.78, 5) is 13.4. The SMILES string of the molecule is CNNCC(C)(C)c1cnc2c(Nc3ccc4nccnc4c3)cccn12. The third kappa shape index (κ3) is 3.34. The molecule has 0 amide bonds. The summed E-state index contributed by atoms with van der Waals surface area (Å²) < 4.78 is 2.14. The molecule has 7 heteroatoms. The smallest absolute Gasteiger partial charge is 0.160 e. The zero-order chi connectivity index (χ0) is 18.9. The van der Waals surface area contributed by atoms with Crippen molar-refractivity contribution in [3.8, 4) is 0 Å². The van der Waals surface area contributed by atoms with Crippen molar-refractivity contribution in [3.05, 3.63) is 60.8 Å². The number of fused-ring (bicyclic) bond motifs is 2. The lowest BCUT2D eigenvalue weighted by Gasteiger charge is -2.24. The fourth-order valence-corrected chi connectivity index (χ4v) is 3.21. The largest absolute Gasteiger partial charge is 0.352 e. The van der Waals surface area contributed by atoms with Crippen LogP contribution in [-0.4, -0.2) is 32.9 Å². The number of rotatable bonds is 6. The first kappa shape index (κ1) is 17.4. The van der Waals surface area contributed by atoms with Crippen LogP contribution in [0, 0.1) is 0 Å². The molecule has 27 heavy (non-hydrogen) atoms. The number of benzene rings is 1. The molecule has 0 aliphatic carbocycles. The number of aromatic nitrogens is 4. The third-order valence-corrected chi connectivity index (χ3v) is 4.68. The van der Waals surface area contributed by atoms with E-state index in [4.69, 9.17) is 0 Å². The van der Waals surface area contributed by atoms with E-state index < -0.39 is 0 Å². The van der Waals surface area contributed by atoms with Crippen LogP contribution in [-0.2, 0) is 5.41 Å². The maximum atomic E-state index is 4.68. The average Bonchev–Trinajstić information content (AvgIpc) is 3.12. The van der Waals surface area contributed by atoms with E-state index in [0.29, 0.717) is 0 Å². The van der Waals surface area contributed by atoms with Gasteiger partial charge in [0, 0.05) is 48.1 Å². The molecule has 0 atom stereocenters. The normalized spacial score (nSPS) is 12.0. The summed E-state index contributed by atoms with van der Waals surface area (Å²) in [7, 11) is 1.88. The Labute approximate surface area is 157 Å². The number of imidazole rings is 1. The van der Waals surface area contributed by atoms with Gasteiger partial charge in [0.15, 0.2) is 5.65 Å². The van der Waals surface area contributed by atoms with Crippen molar-refractivity contribution < 1.29 is 0 Å². The van der Waals surface area contributed by atoms with Crippen LogP contribution in [0.2, 0.25) is 0 Å². The Morgan fingerprint density at radius 1 is 1.04 bits per heavy atom. The fraction of sp³-hybridized carbons (Fsp3) is 0.250. The molecule has 0 bridgehead atoms. The third-order valence-electron chi connectivity index (χ3n) is 4.68. The Balaban J connectivity index is 1.70. The maximum absolute atomic E-state index is 4.68. The van der Waals surface area contributed by atoms with Crippen LogP contribution >= 0.6 is 0 Å². The van der Waals surface area contributed by atoms with Gasteiger partial charge in [-0.25, -0.2) is 4.98 Å². The second kappa shape index (κ2) is 6.94. The molecule has 0 fully saturated rings. The van der Waals surface area contributed by atoms with Crippen molar-refractivity contribution in [3.63, 3.8) is 0 Å². The number of nitrogens with one attached hydrogen (secondary N) is 3. The first-order valence-electron chi connectivity index (χ1n) is 8.92. The summed E-state index contributed by atoms with van der Waals surface area (Å²) in [6.45, 7) is 5.18. The van der Waals surface area contributed by atoms with Gasteiger partial charge in [0.25, 0.3) is 0 Å². The Morgan fingerprint density at radius 2 is 1.85 bits per heavy atom. The highest BCUT2D eigenvalue weighted by Gasteiger charge is 2.24. The minimum atomic E-state index is -0.0837. The topological polar surface area (TPSA) is 79.2 Å². The average molecular weight is 361 g/mol. The summed E-state index contributed by atoms with van der Waals surface area (Å²) in [6, 6.07) is 10.0. The van der Waals surface area contributed by atoms with Gasteiger partial charge in [-0.05, 0) is 37.4 Å². The summed E-state index contributed by atoms with van der Waals surface area (Å²) >= 11 is 0. The Morgan fingerprint density at radius 3 is 2.67 bits per heavy atom. The van der Waals surface area contributed by atoms with Crippen LogP contribution in [0.25, 0.3) is 16.7 Å². The summed E-state index contributed by atoms with van der Waals surface area (Å²) in [6.07, 6.45) is 7.40. The Kier molecular flexibility index (Phi) is 4.47. The highest BCUT2D eigenvalue weighted by atomic mass is 15.3. The van der Waals surface area contributed by atoms with E-state index in [0.717, 1.165) is 40.3 Å². The molecule has 4 aromatic rings. The van der Waals surface area contributed by atoms with Crippen molar-refractivity contribution in [2.24, 2.45) is 0 Å². The summed E-state index contributed by atoms with van der Waals surface area (Å²) in [5.74, 6) is 0.